The van der Waals surface area contributed by atoms with Crippen LogP contribution in [0.3, 0.4) is 0 Å². The predicted molar refractivity (Wildman–Crippen MR) is 87.8 cm³/mol. The topological polar surface area (TPSA) is 66.8 Å². The van der Waals surface area contributed by atoms with Gasteiger partial charge < -0.3 is 14.7 Å². The van der Waals surface area contributed by atoms with Gasteiger partial charge in [0.2, 0.25) is 0 Å². The van der Waals surface area contributed by atoms with E-state index in [9.17, 15) is 14.7 Å². The van der Waals surface area contributed by atoms with Crippen molar-refractivity contribution in [2.24, 2.45) is 0 Å². The highest BCUT2D eigenvalue weighted by Gasteiger charge is 2.36. The molecule has 2 aromatic rings. The molecule has 5 nitrogen and oxygen atoms in total. The molecule has 5 heteroatoms. The van der Waals surface area contributed by atoms with Crippen molar-refractivity contribution >= 4 is 11.9 Å². The van der Waals surface area contributed by atoms with Crippen molar-refractivity contribution in [3.63, 3.8) is 0 Å². The smallest absolute Gasteiger partial charge is 0.347 e. The van der Waals surface area contributed by atoms with Crippen LogP contribution in [0, 0.1) is 0 Å². The first-order valence-electron chi connectivity index (χ1n) is 7.61. The SMILES string of the molecule is O=C(OCc1ccccc1)C1=C(O)CN(Cc2ccccc2)C1=O. The molecule has 1 N–H and O–H groups in total. The molecule has 0 saturated carbocycles. The third-order valence-electron chi connectivity index (χ3n) is 3.76. The van der Waals surface area contributed by atoms with Gasteiger partial charge in [0, 0.05) is 6.54 Å². The Hall–Kier alpha value is -3.08. The van der Waals surface area contributed by atoms with E-state index in [0.29, 0.717) is 6.54 Å². The average molecular weight is 323 g/mol. The Morgan fingerprint density at radius 2 is 1.58 bits per heavy atom. The fourth-order valence-electron chi connectivity index (χ4n) is 2.55. The molecule has 1 heterocycles. The van der Waals surface area contributed by atoms with Crippen molar-refractivity contribution in [2.45, 2.75) is 13.2 Å². The summed E-state index contributed by atoms with van der Waals surface area (Å²) in [5, 5.41) is 9.99. The van der Waals surface area contributed by atoms with Crippen molar-refractivity contribution < 1.29 is 19.4 Å². The van der Waals surface area contributed by atoms with Crippen LogP contribution in [-0.2, 0) is 27.5 Å². The summed E-state index contributed by atoms with van der Waals surface area (Å²) >= 11 is 0. The van der Waals surface area contributed by atoms with Gasteiger partial charge in [0.15, 0.2) is 5.57 Å². The van der Waals surface area contributed by atoms with E-state index < -0.39 is 11.9 Å². The van der Waals surface area contributed by atoms with Gasteiger partial charge in [-0.15, -0.1) is 0 Å². The van der Waals surface area contributed by atoms with Gasteiger partial charge in [-0.1, -0.05) is 60.7 Å². The van der Waals surface area contributed by atoms with Crippen LogP contribution >= 0.6 is 0 Å². The molecule has 122 valence electrons. The number of aliphatic hydroxyl groups excluding tert-OH is 1. The number of amides is 1. The molecule has 2 aromatic carbocycles. The van der Waals surface area contributed by atoms with Gasteiger partial charge in [-0.3, -0.25) is 4.79 Å². The van der Waals surface area contributed by atoms with E-state index >= 15 is 0 Å². The molecule has 1 aliphatic heterocycles. The molecule has 0 unspecified atom stereocenters. The lowest BCUT2D eigenvalue weighted by atomic mass is 10.2. The highest BCUT2D eigenvalue weighted by Crippen LogP contribution is 2.21. The van der Waals surface area contributed by atoms with Gasteiger partial charge in [-0.2, -0.15) is 0 Å². The van der Waals surface area contributed by atoms with E-state index in [4.69, 9.17) is 4.74 Å². The molecule has 0 fully saturated rings. The fourth-order valence-corrected chi connectivity index (χ4v) is 2.55. The van der Waals surface area contributed by atoms with Crippen molar-refractivity contribution in [1.29, 1.82) is 0 Å². The molecule has 0 bridgehead atoms. The number of carbonyl (C=O) groups is 2. The second-order valence-electron chi connectivity index (χ2n) is 5.53. The average Bonchev–Trinajstić information content (AvgIpc) is 2.88. The van der Waals surface area contributed by atoms with Crippen molar-refractivity contribution in [1.82, 2.24) is 4.90 Å². The van der Waals surface area contributed by atoms with Crippen LogP contribution in [0.25, 0.3) is 0 Å². The molecular formula is C19H17NO4. The second-order valence-corrected chi connectivity index (χ2v) is 5.53. The number of benzene rings is 2. The number of esters is 1. The molecule has 24 heavy (non-hydrogen) atoms. The Bertz CT molecular complexity index is 768. The van der Waals surface area contributed by atoms with E-state index in [2.05, 4.69) is 0 Å². The number of aliphatic hydroxyl groups is 1. The maximum atomic E-state index is 12.4. The number of nitrogens with zero attached hydrogens (tertiary/aromatic N) is 1. The molecular weight excluding hydrogens is 306 g/mol. The van der Waals surface area contributed by atoms with Gasteiger partial charge in [0.1, 0.15) is 12.4 Å². The molecule has 0 radical (unpaired) electrons. The second kappa shape index (κ2) is 7.00. The van der Waals surface area contributed by atoms with Gasteiger partial charge in [0.25, 0.3) is 5.91 Å². The summed E-state index contributed by atoms with van der Waals surface area (Å²) in [6.45, 7) is 0.408. The maximum absolute atomic E-state index is 12.4. The van der Waals surface area contributed by atoms with Crippen molar-refractivity contribution in [3.8, 4) is 0 Å². The van der Waals surface area contributed by atoms with Crippen molar-refractivity contribution in [2.75, 3.05) is 6.54 Å². The molecule has 0 aliphatic carbocycles. The Balaban J connectivity index is 1.64. The molecule has 0 aromatic heterocycles. The summed E-state index contributed by atoms with van der Waals surface area (Å²) in [6, 6.07) is 18.6. The van der Waals surface area contributed by atoms with E-state index in [1.54, 1.807) is 0 Å². The Kier molecular flexibility index (Phi) is 4.61. The standard InChI is InChI=1S/C19H17NO4/c21-16-12-20(11-14-7-3-1-4-8-14)18(22)17(16)19(23)24-13-15-9-5-2-6-10-15/h1-10,21H,11-13H2. The van der Waals surface area contributed by atoms with Gasteiger partial charge in [-0.05, 0) is 11.1 Å². The molecule has 1 amide bonds. The summed E-state index contributed by atoms with van der Waals surface area (Å²) in [4.78, 5) is 26.0. The molecule has 1 aliphatic rings. The zero-order valence-electron chi connectivity index (χ0n) is 13.0. The largest absolute Gasteiger partial charge is 0.509 e. The summed E-state index contributed by atoms with van der Waals surface area (Å²) in [5.74, 6) is -1.54. The Morgan fingerprint density at radius 3 is 2.21 bits per heavy atom. The zero-order valence-corrected chi connectivity index (χ0v) is 13.0. The van der Waals surface area contributed by atoms with E-state index in [1.165, 1.54) is 4.90 Å². The predicted octanol–water partition coefficient (Wildman–Crippen LogP) is 2.58. The van der Waals surface area contributed by atoms with Gasteiger partial charge in [-0.25, -0.2) is 4.79 Å². The number of ether oxygens (including phenoxy) is 1. The quantitative estimate of drug-likeness (QED) is 0.678. The molecule has 3 rings (SSSR count). The summed E-state index contributed by atoms with van der Waals surface area (Å²) in [5.41, 5.74) is 1.47. The summed E-state index contributed by atoms with van der Waals surface area (Å²) in [7, 11) is 0. The molecule has 0 saturated heterocycles. The minimum Gasteiger partial charge on any atom is -0.509 e. The van der Waals surface area contributed by atoms with E-state index in [0.717, 1.165) is 11.1 Å². The zero-order chi connectivity index (χ0) is 16.9. The molecule has 0 atom stereocenters. The summed E-state index contributed by atoms with van der Waals surface area (Å²) < 4.78 is 5.15. The minimum absolute atomic E-state index is 0.0174. The van der Waals surface area contributed by atoms with E-state index in [-0.39, 0.29) is 24.5 Å². The van der Waals surface area contributed by atoms with Crippen LogP contribution in [0.15, 0.2) is 72.0 Å². The normalized spacial score (nSPS) is 14.2. The van der Waals surface area contributed by atoms with Crippen LogP contribution < -0.4 is 0 Å². The van der Waals surface area contributed by atoms with Crippen LogP contribution in [0.1, 0.15) is 11.1 Å². The minimum atomic E-state index is -0.795. The lowest BCUT2D eigenvalue weighted by Gasteiger charge is -2.16. The van der Waals surface area contributed by atoms with Gasteiger partial charge in [0.05, 0.1) is 6.54 Å². The lowest BCUT2D eigenvalue weighted by Crippen LogP contribution is -2.28. The third kappa shape index (κ3) is 3.46. The number of hydrogen-bond acceptors (Lipinski definition) is 4. The van der Waals surface area contributed by atoms with Crippen LogP contribution in [0.5, 0.6) is 0 Å². The van der Waals surface area contributed by atoms with Gasteiger partial charge >= 0.3 is 5.97 Å². The first-order chi connectivity index (χ1) is 11.6. The highest BCUT2D eigenvalue weighted by molar-refractivity contribution is 6.18. The van der Waals surface area contributed by atoms with Crippen LogP contribution in [0.2, 0.25) is 0 Å². The lowest BCUT2D eigenvalue weighted by molar-refractivity contribution is -0.143. The Morgan fingerprint density at radius 1 is 1.00 bits per heavy atom. The van der Waals surface area contributed by atoms with E-state index in [1.807, 2.05) is 60.7 Å². The number of carbonyl (C=O) groups excluding carboxylic acids is 2. The number of hydrogen-bond donors (Lipinski definition) is 1. The third-order valence-corrected chi connectivity index (χ3v) is 3.76. The summed E-state index contributed by atoms with van der Waals surface area (Å²) in [6.07, 6.45) is 0. The monoisotopic (exact) mass is 323 g/mol. The fraction of sp³-hybridized carbons (Fsp3) is 0.158. The molecule has 0 spiro atoms. The van der Waals surface area contributed by atoms with Crippen LogP contribution in [-0.4, -0.2) is 28.4 Å². The first-order valence-corrected chi connectivity index (χ1v) is 7.61. The Labute approximate surface area is 139 Å². The number of rotatable bonds is 5. The maximum Gasteiger partial charge on any atom is 0.347 e. The first kappa shape index (κ1) is 15.8. The highest BCUT2D eigenvalue weighted by atomic mass is 16.5. The van der Waals surface area contributed by atoms with Crippen molar-refractivity contribution in [3.05, 3.63) is 83.1 Å². The van der Waals surface area contributed by atoms with Crippen LogP contribution in [0.4, 0.5) is 0 Å².